The zero-order chi connectivity index (χ0) is 20.8. The van der Waals surface area contributed by atoms with Gasteiger partial charge in [-0.2, -0.15) is 0 Å². The van der Waals surface area contributed by atoms with Crippen molar-refractivity contribution in [2.24, 2.45) is 5.92 Å². The molecule has 0 spiro atoms. The van der Waals surface area contributed by atoms with E-state index in [4.69, 9.17) is 0 Å². The SMILES string of the molecule is Cc1ccccc1CNC(=O)C1CCCN(C2CCN(Cc3cccnc3)CC2)C1. The predicted octanol–water partition coefficient (Wildman–Crippen LogP) is 3.38. The summed E-state index contributed by atoms with van der Waals surface area (Å²) in [5.41, 5.74) is 3.74. The standard InChI is InChI=1S/C25H34N4O/c1-20-6-2-3-8-22(20)17-27-25(30)23-9-5-13-29(19-23)24-10-14-28(15-11-24)18-21-7-4-12-26-16-21/h2-4,6-8,12,16,23-24H,5,9-11,13-15,17-19H2,1H3,(H,27,30). The van der Waals surface area contributed by atoms with Crippen molar-refractivity contribution in [2.45, 2.75) is 51.7 Å². The maximum Gasteiger partial charge on any atom is 0.224 e. The average Bonchev–Trinajstić information content (AvgIpc) is 2.80. The van der Waals surface area contributed by atoms with Crippen LogP contribution >= 0.6 is 0 Å². The summed E-state index contributed by atoms with van der Waals surface area (Å²) in [7, 11) is 0. The Kier molecular flexibility index (Phi) is 7.13. The van der Waals surface area contributed by atoms with Crippen molar-refractivity contribution >= 4 is 5.91 Å². The van der Waals surface area contributed by atoms with E-state index in [-0.39, 0.29) is 11.8 Å². The molecule has 1 aromatic heterocycles. The fourth-order valence-electron chi connectivity index (χ4n) is 4.88. The summed E-state index contributed by atoms with van der Waals surface area (Å²) < 4.78 is 0. The predicted molar refractivity (Wildman–Crippen MR) is 120 cm³/mol. The van der Waals surface area contributed by atoms with E-state index in [1.165, 1.54) is 29.5 Å². The van der Waals surface area contributed by atoms with Gasteiger partial charge in [0, 0.05) is 38.1 Å². The Morgan fingerprint density at radius 1 is 1.10 bits per heavy atom. The highest BCUT2D eigenvalue weighted by Gasteiger charge is 2.31. The van der Waals surface area contributed by atoms with Crippen LogP contribution in [0.15, 0.2) is 48.8 Å². The largest absolute Gasteiger partial charge is 0.352 e. The van der Waals surface area contributed by atoms with E-state index < -0.39 is 0 Å². The first-order valence-corrected chi connectivity index (χ1v) is 11.4. The lowest BCUT2D eigenvalue weighted by molar-refractivity contribution is -0.127. The Bertz CT molecular complexity index is 817. The summed E-state index contributed by atoms with van der Waals surface area (Å²) in [6.07, 6.45) is 8.32. The van der Waals surface area contributed by atoms with Gasteiger partial charge >= 0.3 is 0 Å². The van der Waals surface area contributed by atoms with Crippen molar-refractivity contribution < 1.29 is 4.79 Å². The maximum atomic E-state index is 12.8. The quantitative estimate of drug-likeness (QED) is 0.799. The van der Waals surface area contributed by atoms with E-state index in [0.717, 1.165) is 45.6 Å². The first-order chi connectivity index (χ1) is 14.7. The molecule has 1 atom stereocenters. The molecule has 2 saturated heterocycles. The number of likely N-dealkylation sites (tertiary alicyclic amines) is 2. The highest BCUT2D eigenvalue weighted by Crippen LogP contribution is 2.25. The minimum absolute atomic E-state index is 0.121. The molecule has 160 valence electrons. The van der Waals surface area contributed by atoms with Gasteiger partial charge in [-0.1, -0.05) is 30.3 Å². The van der Waals surface area contributed by atoms with Crippen molar-refractivity contribution in [1.82, 2.24) is 20.1 Å². The minimum atomic E-state index is 0.121. The molecule has 30 heavy (non-hydrogen) atoms. The first-order valence-electron chi connectivity index (χ1n) is 11.4. The summed E-state index contributed by atoms with van der Waals surface area (Å²) in [4.78, 5) is 22.2. The van der Waals surface area contributed by atoms with Crippen molar-refractivity contribution in [1.29, 1.82) is 0 Å². The van der Waals surface area contributed by atoms with Gasteiger partial charge in [-0.15, -0.1) is 0 Å². The molecule has 2 fully saturated rings. The summed E-state index contributed by atoms with van der Waals surface area (Å²) in [6, 6.07) is 13.1. The van der Waals surface area contributed by atoms with Crippen molar-refractivity contribution in [3.8, 4) is 0 Å². The van der Waals surface area contributed by atoms with Gasteiger partial charge in [-0.25, -0.2) is 0 Å². The number of aryl methyl sites for hydroxylation is 1. The molecule has 0 saturated carbocycles. The lowest BCUT2D eigenvalue weighted by Gasteiger charge is -2.42. The number of hydrogen-bond acceptors (Lipinski definition) is 4. The number of nitrogens with one attached hydrogen (secondary N) is 1. The molecule has 2 aromatic rings. The molecule has 5 heteroatoms. The number of hydrogen-bond donors (Lipinski definition) is 1. The molecule has 3 heterocycles. The zero-order valence-electron chi connectivity index (χ0n) is 18.1. The average molecular weight is 407 g/mol. The van der Waals surface area contributed by atoms with E-state index in [2.05, 4.69) is 45.2 Å². The van der Waals surface area contributed by atoms with E-state index in [1.807, 2.05) is 30.6 Å². The third kappa shape index (κ3) is 5.46. The summed E-state index contributed by atoms with van der Waals surface area (Å²) in [5, 5.41) is 3.19. The molecule has 1 N–H and O–H groups in total. The van der Waals surface area contributed by atoms with Crippen molar-refractivity contribution in [3.63, 3.8) is 0 Å². The highest BCUT2D eigenvalue weighted by molar-refractivity contribution is 5.79. The topological polar surface area (TPSA) is 48.5 Å². The monoisotopic (exact) mass is 406 g/mol. The number of nitrogens with zero attached hydrogens (tertiary/aromatic N) is 3. The van der Waals surface area contributed by atoms with Gasteiger partial charge in [-0.05, 0) is 75.0 Å². The summed E-state index contributed by atoms with van der Waals surface area (Å²) in [5.74, 6) is 0.341. The summed E-state index contributed by atoms with van der Waals surface area (Å²) >= 11 is 0. The number of benzene rings is 1. The number of piperidine rings is 2. The van der Waals surface area contributed by atoms with Crippen molar-refractivity contribution in [2.75, 3.05) is 26.2 Å². The second kappa shape index (κ2) is 10.2. The van der Waals surface area contributed by atoms with Crippen LogP contribution in [-0.4, -0.2) is 52.9 Å². The number of pyridine rings is 1. The van der Waals surface area contributed by atoms with Crippen LogP contribution in [0, 0.1) is 12.8 Å². The third-order valence-corrected chi connectivity index (χ3v) is 6.74. The number of aromatic nitrogens is 1. The zero-order valence-corrected chi connectivity index (χ0v) is 18.1. The Morgan fingerprint density at radius 2 is 1.93 bits per heavy atom. The Labute approximate surface area is 180 Å². The molecule has 1 amide bonds. The molecular weight excluding hydrogens is 372 g/mol. The van der Waals surface area contributed by atoms with E-state index >= 15 is 0 Å². The molecule has 0 radical (unpaired) electrons. The maximum absolute atomic E-state index is 12.8. The van der Waals surface area contributed by atoms with Crippen LogP contribution in [0.3, 0.4) is 0 Å². The van der Waals surface area contributed by atoms with Crippen LogP contribution < -0.4 is 5.32 Å². The molecule has 2 aliphatic heterocycles. The smallest absolute Gasteiger partial charge is 0.224 e. The van der Waals surface area contributed by atoms with E-state index in [1.54, 1.807) is 0 Å². The first kappa shape index (κ1) is 21.0. The number of amides is 1. The Hall–Kier alpha value is -2.24. The molecule has 4 rings (SSSR count). The third-order valence-electron chi connectivity index (χ3n) is 6.74. The lowest BCUT2D eigenvalue weighted by Crippen LogP contribution is -2.50. The van der Waals surface area contributed by atoms with Gasteiger partial charge in [0.05, 0.1) is 5.92 Å². The van der Waals surface area contributed by atoms with Gasteiger partial charge in [0.25, 0.3) is 0 Å². The fourth-order valence-corrected chi connectivity index (χ4v) is 4.88. The van der Waals surface area contributed by atoms with Crippen LogP contribution in [-0.2, 0) is 17.9 Å². The molecule has 1 unspecified atom stereocenters. The van der Waals surface area contributed by atoms with Crippen LogP contribution in [0.25, 0.3) is 0 Å². The summed E-state index contributed by atoms with van der Waals surface area (Å²) in [6.45, 7) is 8.02. The minimum Gasteiger partial charge on any atom is -0.352 e. The fraction of sp³-hybridized carbons (Fsp3) is 0.520. The van der Waals surface area contributed by atoms with Crippen LogP contribution in [0.2, 0.25) is 0 Å². The second-order valence-electron chi connectivity index (χ2n) is 8.85. The van der Waals surface area contributed by atoms with Gasteiger partial charge in [0.2, 0.25) is 5.91 Å². The molecule has 2 aliphatic rings. The molecule has 1 aromatic carbocycles. The Balaban J connectivity index is 1.24. The van der Waals surface area contributed by atoms with Crippen LogP contribution in [0.1, 0.15) is 42.4 Å². The highest BCUT2D eigenvalue weighted by atomic mass is 16.1. The second-order valence-corrected chi connectivity index (χ2v) is 8.85. The van der Waals surface area contributed by atoms with Gasteiger partial charge in [-0.3, -0.25) is 19.6 Å². The number of rotatable bonds is 6. The lowest BCUT2D eigenvalue weighted by atomic mass is 9.93. The Morgan fingerprint density at radius 3 is 2.70 bits per heavy atom. The molecule has 0 aliphatic carbocycles. The van der Waals surface area contributed by atoms with Gasteiger partial charge in [0.15, 0.2) is 0 Å². The number of carbonyl (C=O) groups excluding carboxylic acids is 1. The van der Waals surface area contributed by atoms with E-state index in [9.17, 15) is 4.79 Å². The molecule has 5 nitrogen and oxygen atoms in total. The van der Waals surface area contributed by atoms with Gasteiger partial charge in [0.1, 0.15) is 0 Å². The molecule has 0 bridgehead atoms. The normalized spacial score (nSPS) is 21.4. The van der Waals surface area contributed by atoms with Crippen LogP contribution in [0.4, 0.5) is 0 Å². The van der Waals surface area contributed by atoms with E-state index in [0.29, 0.717) is 12.6 Å². The van der Waals surface area contributed by atoms with Crippen molar-refractivity contribution in [3.05, 3.63) is 65.5 Å². The van der Waals surface area contributed by atoms with Crippen LogP contribution in [0.5, 0.6) is 0 Å². The number of carbonyl (C=O) groups is 1. The molecular formula is C25H34N4O. The van der Waals surface area contributed by atoms with Gasteiger partial charge < -0.3 is 5.32 Å².